The molecule has 0 N–H and O–H groups in total. The number of carbonyl (C=O) groups excluding carboxylic acids is 1. The maximum Gasteiger partial charge on any atom is 3.00 e. The summed E-state index contributed by atoms with van der Waals surface area (Å²) in [5.74, 6) is -1.55. The number of halogens is 2. The van der Waals surface area contributed by atoms with Gasteiger partial charge < -0.3 is 34.2 Å². The first-order chi connectivity index (χ1) is 18.8. The second kappa shape index (κ2) is 24.0. The van der Waals surface area contributed by atoms with E-state index in [4.69, 9.17) is 37.3 Å². The minimum absolute atomic E-state index is 0. The largest absolute Gasteiger partial charge is 3.00 e. The van der Waals surface area contributed by atoms with E-state index in [1.807, 2.05) is 0 Å². The summed E-state index contributed by atoms with van der Waals surface area (Å²) in [6.07, 6.45) is 2.56. The summed E-state index contributed by atoms with van der Waals surface area (Å²) in [4.78, 5) is 20.8. The summed E-state index contributed by atoms with van der Waals surface area (Å²) in [7, 11) is 1.41. The van der Waals surface area contributed by atoms with E-state index in [0.29, 0.717) is 0 Å². The standard InChI is InChI=1S/C14H32N4.C6H7N3O4.2ClHO4.Ni/c1-15-7-5-8-17(3)13-14-18(4)10-6-9-16(2)12-11-15;1-12-5(10)3-4(6(11)13-2)8-9-7-3;2*2-1(3,4)5;/h5-14H2,1-4H3;10H,1-2H3;2*(H,2,3,4,5);/q;;;;+3/p-3/b;5-3+;;;. The van der Waals surface area contributed by atoms with E-state index >= 15 is 0 Å². The summed E-state index contributed by atoms with van der Waals surface area (Å²) in [6, 6.07) is 0. The minimum Gasteiger partial charge on any atom is -0.615 e. The molecular weight excluding hydrogens is 660 g/mol. The third-order valence-corrected chi connectivity index (χ3v) is 5.16. The molecule has 42 heavy (non-hydrogen) atoms. The van der Waals surface area contributed by atoms with Gasteiger partial charge in [0.1, 0.15) is 5.70 Å². The minimum atomic E-state index is -4.94. The third kappa shape index (κ3) is 30.1. The average molecular weight is 698 g/mol. The molecule has 249 valence electrons. The molecule has 2 aliphatic rings. The monoisotopic (exact) mass is 696 g/mol. The Morgan fingerprint density at radius 1 is 0.667 bits per heavy atom. The third-order valence-electron chi connectivity index (χ3n) is 5.16. The van der Waals surface area contributed by atoms with E-state index < -0.39 is 32.4 Å². The van der Waals surface area contributed by atoms with E-state index in [1.54, 1.807) is 0 Å². The van der Waals surface area contributed by atoms with Crippen LogP contribution in [0.3, 0.4) is 0 Å². The second-order valence-electron chi connectivity index (χ2n) is 8.65. The smallest absolute Gasteiger partial charge is 0.615 e. The molecule has 0 aromatic carbocycles. The van der Waals surface area contributed by atoms with Crippen molar-refractivity contribution in [1.29, 1.82) is 0 Å². The van der Waals surface area contributed by atoms with Gasteiger partial charge in [0, 0.05) is 26.2 Å². The predicted molar refractivity (Wildman–Crippen MR) is 118 cm³/mol. The summed E-state index contributed by atoms with van der Waals surface area (Å²) in [5, 5.41) is 20.7. The molecule has 0 aromatic heterocycles. The van der Waals surface area contributed by atoms with Gasteiger partial charge in [-0.2, -0.15) is 0 Å². The number of esters is 1. The summed E-state index contributed by atoms with van der Waals surface area (Å²) in [5.41, 5.74) is -0.483. The number of methoxy groups -OCH3 is 2. The van der Waals surface area contributed by atoms with Crippen molar-refractivity contribution in [3.63, 3.8) is 0 Å². The molecule has 2 heterocycles. The van der Waals surface area contributed by atoms with Gasteiger partial charge >= 0.3 is 22.5 Å². The molecule has 2 rings (SSSR count). The van der Waals surface area contributed by atoms with Crippen molar-refractivity contribution in [2.24, 2.45) is 15.4 Å². The van der Waals surface area contributed by atoms with E-state index in [0.717, 1.165) is 14.2 Å². The Kier molecular flexibility index (Phi) is 25.8. The Morgan fingerprint density at radius 2 is 0.976 bits per heavy atom. The number of ether oxygens (including phenoxy) is 2. The Labute approximate surface area is 259 Å². The molecule has 0 spiro atoms. The maximum atomic E-state index is 10.9. The SMILES string of the molecule is CN1CCCN(C)CCN(C)CCCN(C)CC1.COC(=O)C1=NN=N/C1=C(\[O-])OC.[Ni+3].[O-][Cl+3]([O-])([O-])[O-].[O-][Cl+3]([O-])([O-])[O-]. The van der Waals surface area contributed by atoms with Crippen molar-refractivity contribution in [2.75, 3.05) is 94.8 Å². The van der Waals surface area contributed by atoms with Crippen LogP contribution in [0.4, 0.5) is 0 Å². The summed E-state index contributed by atoms with van der Waals surface area (Å²) >= 11 is 0. The van der Waals surface area contributed by atoms with Gasteiger partial charge in [-0.05, 0) is 79.5 Å². The number of hydrogen-bond acceptors (Lipinski definition) is 19. The molecule has 0 aromatic rings. The van der Waals surface area contributed by atoms with Crippen LogP contribution in [-0.2, 0) is 30.8 Å². The van der Waals surface area contributed by atoms with Crippen molar-refractivity contribution in [1.82, 2.24) is 19.6 Å². The molecule has 1 saturated heterocycles. The number of rotatable bonds is 2. The molecule has 0 unspecified atom stereocenters. The normalized spacial score (nSPS) is 19.6. The molecule has 19 nitrogen and oxygen atoms in total. The molecule has 0 atom stereocenters. The number of likely N-dealkylation sites (N-methyl/N-ethyl adjacent to an activating group) is 4. The molecule has 2 aliphatic heterocycles. The second-order valence-corrected chi connectivity index (χ2v) is 10.2. The van der Waals surface area contributed by atoms with Crippen molar-refractivity contribution in [3.05, 3.63) is 11.6 Å². The van der Waals surface area contributed by atoms with Gasteiger partial charge in [-0.1, -0.05) is 0 Å². The molecule has 0 amide bonds. The van der Waals surface area contributed by atoms with Crippen LogP contribution in [0.2, 0.25) is 0 Å². The Morgan fingerprint density at radius 3 is 1.24 bits per heavy atom. The fraction of sp³-hybridized carbons (Fsp3) is 0.800. The van der Waals surface area contributed by atoms with Crippen LogP contribution in [0, 0.1) is 20.5 Å². The first kappa shape index (κ1) is 45.1. The van der Waals surface area contributed by atoms with Crippen LogP contribution in [0.15, 0.2) is 27.1 Å². The Hall–Kier alpha value is -1.33. The molecule has 1 radical (unpaired) electrons. The number of hydrogen-bond donors (Lipinski definition) is 0. The zero-order valence-electron chi connectivity index (χ0n) is 24.2. The van der Waals surface area contributed by atoms with E-state index in [9.17, 15) is 9.90 Å². The molecule has 1 fully saturated rings. The molecule has 0 bridgehead atoms. The van der Waals surface area contributed by atoms with Crippen LogP contribution >= 0.6 is 0 Å². The summed E-state index contributed by atoms with van der Waals surface area (Å²) in [6.45, 7) is 9.63. The van der Waals surface area contributed by atoms with Gasteiger partial charge in [0.25, 0.3) is 0 Å². The van der Waals surface area contributed by atoms with Gasteiger partial charge in [0.15, 0.2) is 0 Å². The van der Waals surface area contributed by atoms with Crippen LogP contribution in [0.5, 0.6) is 0 Å². The summed E-state index contributed by atoms with van der Waals surface area (Å²) < 4.78 is 76.6. The molecule has 22 heteroatoms. The Bertz CT molecular complexity index is 766. The predicted octanol–water partition coefficient (Wildman–Crippen LogP) is -9.85. The van der Waals surface area contributed by atoms with Crippen molar-refractivity contribution < 1.29 is 93.6 Å². The van der Waals surface area contributed by atoms with Gasteiger partial charge in [-0.15, -0.1) is 30.7 Å². The van der Waals surface area contributed by atoms with Crippen LogP contribution in [-0.4, -0.2) is 126 Å². The Balaban J connectivity index is -0.000000552. The fourth-order valence-corrected chi connectivity index (χ4v) is 3.03. The number of carbonyl (C=O) groups is 1. The van der Waals surface area contributed by atoms with Gasteiger partial charge in [0.05, 0.1) is 13.1 Å². The topological polar surface area (TPSA) is 293 Å². The van der Waals surface area contributed by atoms with Crippen LogP contribution in [0.1, 0.15) is 12.8 Å². The van der Waals surface area contributed by atoms with Crippen LogP contribution < -0.4 is 42.4 Å². The van der Waals surface area contributed by atoms with E-state index in [1.165, 1.54) is 65.2 Å². The zero-order valence-corrected chi connectivity index (χ0v) is 26.7. The van der Waals surface area contributed by atoms with Gasteiger partial charge in [0.2, 0.25) is 5.71 Å². The van der Waals surface area contributed by atoms with E-state index in [-0.39, 0.29) is 27.9 Å². The maximum absolute atomic E-state index is 10.9. The quantitative estimate of drug-likeness (QED) is 0.147. The molecular formula is C20H38Cl2N7NiO12. The van der Waals surface area contributed by atoms with Crippen molar-refractivity contribution >= 4 is 11.7 Å². The first-order valence-corrected chi connectivity index (χ1v) is 14.3. The molecule has 0 saturated carbocycles. The van der Waals surface area contributed by atoms with E-state index in [2.05, 4.69) is 72.7 Å². The zero-order chi connectivity index (χ0) is 32.2. The first-order valence-electron chi connectivity index (χ1n) is 11.8. The average Bonchev–Trinajstić information content (AvgIpc) is 3.33. The molecule has 0 aliphatic carbocycles. The number of nitrogens with zero attached hydrogens (tertiary/aromatic N) is 7. The van der Waals surface area contributed by atoms with Gasteiger partial charge in [-0.25, -0.2) is 42.1 Å². The van der Waals surface area contributed by atoms with Crippen LogP contribution in [0.25, 0.3) is 0 Å². The van der Waals surface area contributed by atoms with Gasteiger partial charge in [-0.3, -0.25) is 0 Å². The van der Waals surface area contributed by atoms with Crippen molar-refractivity contribution in [3.8, 4) is 0 Å². The van der Waals surface area contributed by atoms with Crippen molar-refractivity contribution in [2.45, 2.75) is 12.8 Å². The fourth-order valence-electron chi connectivity index (χ4n) is 3.03.